The summed E-state index contributed by atoms with van der Waals surface area (Å²) in [6.45, 7) is 2.79. The van der Waals surface area contributed by atoms with E-state index in [0.717, 1.165) is 6.42 Å². The van der Waals surface area contributed by atoms with Gasteiger partial charge < -0.3 is 9.47 Å². The van der Waals surface area contributed by atoms with Crippen LogP contribution in [0.15, 0.2) is 12.2 Å². The number of carbonyl (C=O) groups excluding carboxylic acids is 1. The Kier molecular flexibility index (Phi) is 2.47. The van der Waals surface area contributed by atoms with Crippen molar-refractivity contribution >= 4 is 5.78 Å². The van der Waals surface area contributed by atoms with Crippen molar-refractivity contribution in [3.05, 3.63) is 12.2 Å². The lowest BCUT2D eigenvalue weighted by atomic mass is 10.1. The van der Waals surface area contributed by atoms with Crippen LogP contribution < -0.4 is 0 Å². The Balaban J connectivity index is 1.85. The van der Waals surface area contributed by atoms with Crippen molar-refractivity contribution in [1.29, 1.82) is 0 Å². The van der Waals surface area contributed by atoms with Gasteiger partial charge in [-0.3, -0.25) is 4.79 Å². The third-order valence-electron chi connectivity index (χ3n) is 2.47. The number of carbonyl (C=O) groups is 1. The van der Waals surface area contributed by atoms with E-state index in [1.54, 1.807) is 0 Å². The monoisotopic (exact) mass is 182 g/mol. The van der Waals surface area contributed by atoms with Gasteiger partial charge in [0.25, 0.3) is 0 Å². The van der Waals surface area contributed by atoms with Gasteiger partial charge in [0.2, 0.25) is 0 Å². The van der Waals surface area contributed by atoms with E-state index in [0.29, 0.717) is 12.5 Å². The Bertz CT molecular complexity index is 234. The van der Waals surface area contributed by atoms with Crippen LogP contribution in [-0.4, -0.2) is 31.2 Å². The number of ketones is 1. The normalized spacial score (nSPS) is 38.8. The predicted octanol–water partition coefficient (Wildman–Crippen LogP) is 0.936. The van der Waals surface area contributed by atoms with Gasteiger partial charge in [-0.15, -0.1) is 0 Å². The second kappa shape index (κ2) is 3.60. The number of Topliss-reactive ketones (excluding diaryl/α,β-unsaturated/α-hetero) is 1. The Morgan fingerprint density at radius 3 is 2.92 bits per heavy atom. The van der Waals surface area contributed by atoms with Crippen molar-refractivity contribution in [3.8, 4) is 0 Å². The number of hydrogen-bond acceptors (Lipinski definition) is 3. The summed E-state index contributed by atoms with van der Waals surface area (Å²) in [4.78, 5) is 11.2. The van der Waals surface area contributed by atoms with E-state index in [9.17, 15) is 4.79 Å². The molecule has 1 aliphatic heterocycles. The summed E-state index contributed by atoms with van der Waals surface area (Å²) in [7, 11) is 0. The topological polar surface area (TPSA) is 35.5 Å². The van der Waals surface area contributed by atoms with Gasteiger partial charge in [0.05, 0.1) is 12.7 Å². The lowest BCUT2D eigenvalue weighted by molar-refractivity contribution is -0.127. The molecule has 72 valence electrons. The minimum atomic E-state index is -0.319. The SMILES string of the molecule is C[C@@H]1C=C[C@H](O[C@@H]2COCC2=O)C1. The molecule has 2 aliphatic rings. The lowest BCUT2D eigenvalue weighted by Crippen LogP contribution is -2.26. The Hall–Kier alpha value is -0.670. The van der Waals surface area contributed by atoms with Gasteiger partial charge in [-0.2, -0.15) is 0 Å². The van der Waals surface area contributed by atoms with Crippen molar-refractivity contribution < 1.29 is 14.3 Å². The van der Waals surface area contributed by atoms with Crippen molar-refractivity contribution in [2.45, 2.75) is 25.6 Å². The zero-order valence-electron chi connectivity index (χ0n) is 7.73. The summed E-state index contributed by atoms with van der Waals surface area (Å²) in [5, 5.41) is 0. The van der Waals surface area contributed by atoms with E-state index in [-0.39, 0.29) is 24.6 Å². The molecule has 3 nitrogen and oxygen atoms in total. The van der Waals surface area contributed by atoms with E-state index >= 15 is 0 Å². The highest BCUT2D eigenvalue weighted by atomic mass is 16.6. The molecular formula is C10H14O3. The van der Waals surface area contributed by atoms with Crippen LogP contribution in [0, 0.1) is 5.92 Å². The van der Waals surface area contributed by atoms with Crippen molar-refractivity contribution in [3.63, 3.8) is 0 Å². The predicted molar refractivity (Wildman–Crippen MR) is 47.4 cm³/mol. The fourth-order valence-electron chi connectivity index (χ4n) is 1.72. The first-order chi connectivity index (χ1) is 6.25. The largest absolute Gasteiger partial charge is 0.370 e. The molecule has 1 aliphatic carbocycles. The van der Waals surface area contributed by atoms with Crippen LogP contribution in [0.5, 0.6) is 0 Å². The maximum atomic E-state index is 11.2. The molecule has 0 N–H and O–H groups in total. The second-order valence-corrected chi connectivity index (χ2v) is 3.74. The highest BCUT2D eigenvalue weighted by Gasteiger charge is 2.29. The maximum Gasteiger partial charge on any atom is 0.189 e. The molecule has 0 aromatic rings. The van der Waals surface area contributed by atoms with Crippen LogP contribution in [0.3, 0.4) is 0 Å². The van der Waals surface area contributed by atoms with Crippen LogP contribution in [0.1, 0.15) is 13.3 Å². The standard InChI is InChI=1S/C10H14O3/c1-7-2-3-8(4-7)13-10-6-12-5-9(10)11/h2-3,7-8,10H,4-6H2,1H3/t7-,8+,10-/m1/s1. The van der Waals surface area contributed by atoms with Gasteiger partial charge in [-0.05, 0) is 12.3 Å². The molecule has 0 bridgehead atoms. The lowest BCUT2D eigenvalue weighted by Gasteiger charge is -2.14. The van der Waals surface area contributed by atoms with Crippen LogP contribution in [0.25, 0.3) is 0 Å². The molecule has 1 fully saturated rings. The molecule has 0 unspecified atom stereocenters. The average molecular weight is 182 g/mol. The summed E-state index contributed by atoms with van der Waals surface area (Å²) >= 11 is 0. The molecule has 1 heterocycles. The zero-order chi connectivity index (χ0) is 9.26. The summed E-state index contributed by atoms with van der Waals surface area (Å²) in [5.74, 6) is 0.648. The van der Waals surface area contributed by atoms with Gasteiger partial charge in [0, 0.05) is 0 Å². The number of hydrogen-bond donors (Lipinski definition) is 0. The minimum absolute atomic E-state index is 0.0768. The smallest absolute Gasteiger partial charge is 0.189 e. The fraction of sp³-hybridized carbons (Fsp3) is 0.700. The fourth-order valence-corrected chi connectivity index (χ4v) is 1.72. The highest BCUT2D eigenvalue weighted by molar-refractivity contribution is 5.85. The first-order valence-corrected chi connectivity index (χ1v) is 4.70. The van der Waals surface area contributed by atoms with E-state index in [1.807, 2.05) is 6.08 Å². The highest BCUT2D eigenvalue weighted by Crippen LogP contribution is 2.21. The van der Waals surface area contributed by atoms with Gasteiger partial charge in [0.15, 0.2) is 5.78 Å². The van der Waals surface area contributed by atoms with Gasteiger partial charge >= 0.3 is 0 Å². The summed E-state index contributed by atoms with van der Waals surface area (Å²) < 4.78 is 10.6. The van der Waals surface area contributed by atoms with E-state index in [1.165, 1.54) is 0 Å². The van der Waals surface area contributed by atoms with E-state index < -0.39 is 0 Å². The summed E-state index contributed by atoms with van der Waals surface area (Å²) in [5.41, 5.74) is 0. The molecule has 2 rings (SSSR count). The third kappa shape index (κ3) is 1.98. The number of rotatable bonds is 2. The van der Waals surface area contributed by atoms with Crippen LogP contribution in [-0.2, 0) is 14.3 Å². The van der Waals surface area contributed by atoms with Crippen molar-refractivity contribution in [2.75, 3.05) is 13.2 Å². The van der Waals surface area contributed by atoms with Crippen LogP contribution >= 0.6 is 0 Å². The molecular weight excluding hydrogens is 168 g/mol. The first-order valence-electron chi connectivity index (χ1n) is 4.70. The average Bonchev–Trinajstić information content (AvgIpc) is 2.64. The third-order valence-corrected chi connectivity index (χ3v) is 2.47. The van der Waals surface area contributed by atoms with E-state index in [4.69, 9.17) is 9.47 Å². The Morgan fingerprint density at radius 2 is 2.38 bits per heavy atom. The molecule has 0 saturated carbocycles. The van der Waals surface area contributed by atoms with Gasteiger partial charge in [-0.25, -0.2) is 0 Å². The molecule has 3 atom stereocenters. The maximum absolute atomic E-state index is 11.2. The number of ether oxygens (including phenoxy) is 2. The molecule has 0 aromatic heterocycles. The van der Waals surface area contributed by atoms with E-state index in [2.05, 4.69) is 13.0 Å². The summed E-state index contributed by atoms with van der Waals surface area (Å²) in [6.07, 6.45) is 4.95. The number of allylic oxidation sites excluding steroid dienone is 1. The second-order valence-electron chi connectivity index (χ2n) is 3.74. The van der Waals surface area contributed by atoms with Crippen LogP contribution in [0.2, 0.25) is 0 Å². The van der Waals surface area contributed by atoms with Gasteiger partial charge in [-0.1, -0.05) is 19.1 Å². The molecule has 0 spiro atoms. The van der Waals surface area contributed by atoms with Crippen molar-refractivity contribution in [1.82, 2.24) is 0 Å². The Labute approximate surface area is 77.7 Å². The van der Waals surface area contributed by atoms with Gasteiger partial charge in [0.1, 0.15) is 12.7 Å². The molecule has 0 radical (unpaired) electrons. The molecule has 13 heavy (non-hydrogen) atoms. The molecule has 1 saturated heterocycles. The quantitative estimate of drug-likeness (QED) is 0.596. The minimum Gasteiger partial charge on any atom is -0.370 e. The molecule has 3 heteroatoms. The van der Waals surface area contributed by atoms with Crippen molar-refractivity contribution in [2.24, 2.45) is 5.92 Å². The zero-order valence-corrected chi connectivity index (χ0v) is 7.73. The van der Waals surface area contributed by atoms with Crippen LogP contribution in [0.4, 0.5) is 0 Å². The Morgan fingerprint density at radius 1 is 1.54 bits per heavy atom. The first kappa shape index (κ1) is 8.91. The molecule has 0 amide bonds. The molecule has 0 aromatic carbocycles. The summed E-state index contributed by atoms with van der Waals surface area (Å²) in [6, 6.07) is 0.